The molecule has 0 atom stereocenters. The third-order valence-electron chi connectivity index (χ3n) is 4.30. The highest BCUT2D eigenvalue weighted by atomic mass is 35.5. The number of anilines is 1. The molecule has 0 aliphatic rings. The molecule has 0 saturated heterocycles. The van der Waals surface area contributed by atoms with Gasteiger partial charge in [-0.1, -0.05) is 29.8 Å². The molecule has 168 valence electrons. The van der Waals surface area contributed by atoms with Crippen molar-refractivity contribution in [3.8, 4) is 11.5 Å². The molecule has 0 bridgehead atoms. The first-order valence-corrected chi connectivity index (χ1v) is 13.0. The van der Waals surface area contributed by atoms with Crippen LogP contribution < -0.4 is 14.4 Å². The van der Waals surface area contributed by atoms with Gasteiger partial charge in [-0.25, -0.2) is 8.42 Å². The number of carbonyl (C=O) groups excluding carboxylic acids is 1. The zero-order valence-electron chi connectivity index (χ0n) is 17.4. The molecule has 9 heteroatoms. The van der Waals surface area contributed by atoms with E-state index in [0.29, 0.717) is 34.5 Å². The van der Waals surface area contributed by atoms with E-state index in [1.165, 1.54) is 0 Å². The second kappa shape index (κ2) is 11.3. The summed E-state index contributed by atoms with van der Waals surface area (Å²) in [4.78, 5) is 13.4. The number of nitrogens with zero attached hydrogens (tertiary/aromatic N) is 1. The first kappa shape index (κ1) is 24.0. The van der Waals surface area contributed by atoms with Crippen molar-refractivity contribution in [1.82, 2.24) is 5.32 Å². The van der Waals surface area contributed by atoms with Gasteiger partial charge in [0.15, 0.2) is 0 Å². The number of halogens is 1. The maximum absolute atomic E-state index is 12.4. The Kier molecular flexibility index (Phi) is 8.44. The first-order chi connectivity index (χ1) is 15.3. The fourth-order valence-electron chi connectivity index (χ4n) is 2.78. The molecule has 3 rings (SSSR count). The molecule has 0 unspecified atom stereocenters. The van der Waals surface area contributed by atoms with Crippen molar-refractivity contribution in [3.63, 3.8) is 0 Å². The highest BCUT2D eigenvalue weighted by Crippen LogP contribution is 2.25. The van der Waals surface area contributed by atoms with Crippen molar-refractivity contribution >= 4 is 45.0 Å². The first-order valence-electron chi connectivity index (χ1n) is 9.77. The van der Waals surface area contributed by atoms with Crippen LogP contribution in [0, 0.1) is 0 Å². The number of thioether (sulfide) groups is 1. The minimum absolute atomic E-state index is 0.302. The van der Waals surface area contributed by atoms with Crippen molar-refractivity contribution in [2.75, 3.05) is 29.4 Å². The molecule has 0 saturated carbocycles. The fourth-order valence-corrected chi connectivity index (χ4v) is 4.53. The van der Waals surface area contributed by atoms with Gasteiger partial charge in [-0.3, -0.25) is 9.10 Å². The predicted octanol–water partition coefficient (Wildman–Crippen LogP) is 4.81. The molecule has 0 spiro atoms. The molecule has 3 aromatic carbocycles. The van der Waals surface area contributed by atoms with E-state index in [1.807, 2.05) is 54.6 Å². The number of nitrogens with one attached hydrogen (secondary N) is 1. The third-order valence-corrected chi connectivity index (χ3v) is 6.70. The maximum atomic E-state index is 12.4. The average molecular weight is 491 g/mol. The number of carbonyl (C=O) groups is 1. The molecule has 0 radical (unpaired) electrons. The fraction of sp³-hybridized carbons (Fsp3) is 0.174. The topological polar surface area (TPSA) is 75.7 Å². The van der Waals surface area contributed by atoms with Gasteiger partial charge in [0, 0.05) is 22.2 Å². The Morgan fingerprint density at radius 3 is 2.22 bits per heavy atom. The van der Waals surface area contributed by atoms with Crippen LogP contribution in [0.4, 0.5) is 5.69 Å². The molecule has 1 amide bonds. The molecule has 0 aliphatic heterocycles. The Balaban J connectivity index is 1.55. The van der Waals surface area contributed by atoms with E-state index in [2.05, 4.69) is 5.32 Å². The zero-order valence-corrected chi connectivity index (χ0v) is 19.8. The Labute approximate surface area is 197 Å². The molecule has 0 aliphatic carbocycles. The minimum Gasteiger partial charge on any atom is -0.457 e. The van der Waals surface area contributed by atoms with Crippen molar-refractivity contribution in [2.45, 2.75) is 4.90 Å². The molecule has 32 heavy (non-hydrogen) atoms. The number of para-hydroxylation sites is 1. The SMILES string of the molecule is CS(=O)(=O)N(CC(=O)NCCSc1ccc(Cl)cc1)c1ccc(Oc2ccccc2)cc1. The van der Waals surface area contributed by atoms with E-state index >= 15 is 0 Å². The van der Waals surface area contributed by atoms with E-state index in [0.717, 1.165) is 15.5 Å². The smallest absolute Gasteiger partial charge is 0.240 e. The standard InChI is InChI=1S/C23H23ClN2O4S2/c1-32(28,29)26(17-23(27)25-15-16-31-22-13-7-18(24)8-14-22)19-9-11-21(12-10-19)30-20-5-3-2-4-6-20/h2-14H,15-17H2,1H3,(H,25,27). The molecule has 0 heterocycles. The van der Waals surface area contributed by atoms with E-state index in [9.17, 15) is 13.2 Å². The van der Waals surface area contributed by atoms with Gasteiger partial charge in [0.1, 0.15) is 18.0 Å². The summed E-state index contributed by atoms with van der Waals surface area (Å²) in [5, 5.41) is 3.43. The van der Waals surface area contributed by atoms with Gasteiger partial charge >= 0.3 is 0 Å². The molecule has 0 aromatic heterocycles. The number of hydrogen-bond acceptors (Lipinski definition) is 5. The van der Waals surface area contributed by atoms with Crippen LogP contribution in [0.5, 0.6) is 11.5 Å². The van der Waals surface area contributed by atoms with Crippen LogP contribution in [0.2, 0.25) is 5.02 Å². The second-order valence-corrected chi connectivity index (χ2v) is 10.3. The summed E-state index contributed by atoms with van der Waals surface area (Å²) in [7, 11) is -3.65. The van der Waals surface area contributed by atoms with Gasteiger partial charge in [0.2, 0.25) is 15.9 Å². The number of sulfonamides is 1. The summed E-state index contributed by atoms with van der Waals surface area (Å²) >= 11 is 7.44. The summed E-state index contributed by atoms with van der Waals surface area (Å²) in [6.45, 7) is 0.108. The monoisotopic (exact) mass is 490 g/mol. The summed E-state index contributed by atoms with van der Waals surface area (Å²) < 4.78 is 31.4. The highest BCUT2D eigenvalue weighted by Gasteiger charge is 2.20. The lowest BCUT2D eigenvalue weighted by Crippen LogP contribution is -2.41. The van der Waals surface area contributed by atoms with Crippen LogP contribution in [-0.2, 0) is 14.8 Å². The van der Waals surface area contributed by atoms with Crippen LogP contribution in [0.3, 0.4) is 0 Å². The molecule has 0 fully saturated rings. The van der Waals surface area contributed by atoms with E-state index in [4.69, 9.17) is 16.3 Å². The lowest BCUT2D eigenvalue weighted by Gasteiger charge is -2.22. The maximum Gasteiger partial charge on any atom is 0.240 e. The van der Waals surface area contributed by atoms with Crippen molar-refractivity contribution in [1.29, 1.82) is 0 Å². The van der Waals surface area contributed by atoms with Crippen LogP contribution in [0.15, 0.2) is 83.8 Å². The Bertz CT molecular complexity index is 1120. The van der Waals surface area contributed by atoms with Gasteiger partial charge in [-0.2, -0.15) is 0 Å². The zero-order chi connectivity index (χ0) is 23.0. The van der Waals surface area contributed by atoms with E-state index in [-0.39, 0.29) is 12.5 Å². The summed E-state index contributed by atoms with van der Waals surface area (Å²) in [6.07, 6.45) is 1.07. The summed E-state index contributed by atoms with van der Waals surface area (Å²) in [5.74, 6) is 1.52. The van der Waals surface area contributed by atoms with E-state index in [1.54, 1.807) is 36.0 Å². The average Bonchev–Trinajstić information content (AvgIpc) is 2.77. The Hall–Kier alpha value is -2.68. The van der Waals surface area contributed by atoms with Gasteiger partial charge < -0.3 is 10.1 Å². The Morgan fingerprint density at radius 1 is 0.969 bits per heavy atom. The molecular weight excluding hydrogens is 468 g/mol. The lowest BCUT2D eigenvalue weighted by molar-refractivity contribution is -0.119. The number of benzene rings is 3. The van der Waals surface area contributed by atoms with Crippen molar-refractivity contribution in [2.24, 2.45) is 0 Å². The van der Waals surface area contributed by atoms with Crippen LogP contribution in [0.25, 0.3) is 0 Å². The second-order valence-electron chi connectivity index (χ2n) is 6.83. The lowest BCUT2D eigenvalue weighted by atomic mass is 10.3. The highest BCUT2D eigenvalue weighted by molar-refractivity contribution is 7.99. The van der Waals surface area contributed by atoms with E-state index < -0.39 is 10.0 Å². The van der Waals surface area contributed by atoms with Crippen molar-refractivity contribution < 1.29 is 17.9 Å². The van der Waals surface area contributed by atoms with Gasteiger partial charge in [-0.15, -0.1) is 11.8 Å². The molecule has 1 N–H and O–H groups in total. The largest absolute Gasteiger partial charge is 0.457 e. The molecular formula is C23H23ClN2O4S2. The third kappa shape index (κ3) is 7.47. The van der Waals surface area contributed by atoms with Crippen LogP contribution in [-0.4, -0.2) is 39.4 Å². The normalized spacial score (nSPS) is 11.1. The number of ether oxygens (including phenoxy) is 1. The van der Waals surface area contributed by atoms with Gasteiger partial charge in [0.05, 0.1) is 11.9 Å². The Morgan fingerprint density at radius 2 is 1.59 bits per heavy atom. The quantitative estimate of drug-likeness (QED) is 0.326. The summed E-state index contributed by atoms with van der Waals surface area (Å²) in [6, 6.07) is 23.3. The van der Waals surface area contributed by atoms with Crippen molar-refractivity contribution in [3.05, 3.63) is 83.9 Å². The summed E-state index contributed by atoms with van der Waals surface area (Å²) in [5.41, 5.74) is 0.388. The van der Waals surface area contributed by atoms with Crippen LogP contribution >= 0.6 is 23.4 Å². The minimum atomic E-state index is -3.65. The number of rotatable bonds is 10. The van der Waals surface area contributed by atoms with Gasteiger partial charge in [0.25, 0.3) is 0 Å². The van der Waals surface area contributed by atoms with Crippen LogP contribution in [0.1, 0.15) is 0 Å². The predicted molar refractivity (Wildman–Crippen MR) is 130 cm³/mol. The number of amides is 1. The number of hydrogen-bond donors (Lipinski definition) is 1. The molecule has 6 nitrogen and oxygen atoms in total. The molecule has 3 aromatic rings. The van der Waals surface area contributed by atoms with Gasteiger partial charge in [-0.05, 0) is 60.7 Å².